The SMILES string of the molecule is O=S(=O)(c1ccc(F)cc1)c1nc(Br)ns1. The third kappa shape index (κ3) is 2.13. The maximum Gasteiger partial charge on any atom is 0.235 e. The summed E-state index contributed by atoms with van der Waals surface area (Å²) >= 11 is 3.74. The summed E-state index contributed by atoms with van der Waals surface area (Å²) in [7, 11) is -3.69. The highest BCUT2D eigenvalue weighted by atomic mass is 79.9. The van der Waals surface area contributed by atoms with Crippen LogP contribution < -0.4 is 0 Å². The molecule has 84 valence electrons. The highest BCUT2D eigenvalue weighted by molar-refractivity contribution is 9.10. The van der Waals surface area contributed by atoms with Gasteiger partial charge in [-0.05, 0) is 51.7 Å². The second kappa shape index (κ2) is 4.19. The Kier molecular flexibility index (Phi) is 3.04. The molecule has 0 saturated heterocycles. The predicted octanol–water partition coefficient (Wildman–Crippen LogP) is 2.27. The van der Waals surface area contributed by atoms with Crippen molar-refractivity contribution in [1.82, 2.24) is 9.36 Å². The lowest BCUT2D eigenvalue weighted by molar-refractivity contribution is 0.594. The molecule has 0 N–H and O–H groups in total. The molecule has 0 unspecified atom stereocenters. The lowest BCUT2D eigenvalue weighted by Crippen LogP contribution is -2.01. The molecule has 0 aliphatic rings. The van der Waals surface area contributed by atoms with Gasteiger partial charge in [0.1, 0.15) is 5.82 Å². The van der Waals surface area contributed by atoms with Crippen molar-refractivity contribution in [3.63, 3.8) is 0 Å². The highest BCUT2D eigenvalue weighted by Crippen LogP contribution is 2.23. The minimum absolute atomic E-state index is 0.00227. The second-order valence-electron chi connectivity index (χ2n) is 2.79. The molecule has 1 heterocycles. The summed E-state index contributed by atoms with van der Waals surface area (Å²) in [6, 6.07) is 4.56. The minimum Gasteiger partial charge on any atom is -0.216 e. The van der Waals surface area contributed by atoms with Gasteiger partial charge in [-0.3, -0.25) is 0 Å². The normalized spacial score (nSPS) is 11.6. The van der Waals surface area contributed by atoms with Crippen molar-refractivity contribution >= 4 is 37.3 Å². The van der Waals surface area contributed by atoms with Crippen molar-refractivity contribution in [1.29, 1.82) is 0 Å². The lowest BCUT2D eigenvalue weighted by Gasteiger charge is -1.98. The smallest absolute Gasteiger partial charge is 0.216 e. The van der Waals surface area contributed by atoms with E-state index in [-0.39, 0.29) is 14.0 Å². The molecule has 2 rings (SSSR count). The second-order valence-corrected chi connectivity index (χ2v) is 6.37. The van der Waals surface area contributed by atoms with Crippen LogP contribution in [0.5, 0.6) is 0 Å². The zero-order chi connectivity index (χ0) is 11.8. The molecule has 0 aliphatic heterocycles. The van der Waals surface area contributed by atoms with Crippen molar-refractivity contribution in [2.75, 3.05) is 0 Å². The van der Waals surface area contributed by atoms with Crippen LogP contribution in [0.3, 0.4) is 0 Å². The van der Waals surface area contributed by atoms with Gasteiger partial charge in [0.2, 0.25) is 18.9 Å². The van der Waals surface area contributed by atoms with E-state index in [4.69, 9.17) is 0 Å². The van der Waals surface area contributed by atoms with Gasteiger partial charge in [-0.15, -0.1) is 0 Å². The van der Waals surface area contributed by atoms with Crippen molar-refractivity contribution in [2.24, 2.45) is 0 Å². The van der Waals surface area contributed by atoms with Crippen LogP contribution in [-0.4, -0.2) is 17.8 Å². The summed E-state index contributed by atoms with van der Waals surface area (Å²) in [4.78, 5) is 3.72. The Morgan fingerprint density at radius 3 is 2.38 bits per heavy atom. The largest absolute Gasteiger partial charge is 0.235 e. The zero-order valence-corrected chi connectivity index (χ0v) is 10.8. The molecular formula is C8H4BrFN2O2S2. The van der Waals surface area contributed by atoms with Crippen molar-refractivity contribution in [3.05, 3.63) is 34.8 Å². The molecule has 0 bridgehead atoms. The van der Waals surface area contributed by atoms with Crippen LogP contribution in [0.25, 0.3) is 0 Å². The quantitative estimate of drug-likeness (QED) is 0.796. The highest BCUT2D eigenvalue weighted by Gasteiger charge is 2.22. The molecule has 0 saturated carbocycles. The van der Waals surface area contributed by atoms with Gasteiger partial charge in [0.25, 0.3) is 0 Å². The van der Waals surface area contributed by atoms with E-state index in [0.29, 0.717) is 0 Å². The van der Waals surface area contributed by atoms with Gasteiger partial charge in [0.15, 0.2) is 0 Å². The fraction of sp³-hybridized carbons (Fsp3) is 0. The van der Waals surface area contributed by atoms with E-state index >= 15 is 0 Å². The summed E-state index contributed by atoms with van der Waals surface area (Å²) in [6.45, 7) is 0. The topological polar surface area (TPSA) is 59.9 Å². The fourth-order valence-corrected chi connectivity index (χ4v) is 3.66. The van der Waals surface area contributed by atoms with E-state index in [2.05, 4.69) is 25.3 Å². The van der Waals surface area contributed by atoms with E-state index in [1.807, 2.05) is 0 Å². The molecule has 0 radical (unpaired) electrons. The molecular weight excluding hydrogens is 319 g/mol. The Bertz CT molecular complexity index is 609. The number of sulfone groups is 1. The van der Waals surface area contributed by atoms with Gasteiger partial charge in [-0.25, -0.2) is 12.8 Å². The van der Waals surface area contributed by atoms with E-state index in [1.54, 1.807) is 0 Å². The molecule has 0 amide bonds. The lowest BCUT2D eigenvalue weighted by atomic mass is 10.4. The Hall–Kier alpha value is -0.860. The van der Waals surface area contributed by atoms with Gasteiger partial charge < -0.3 is 0 Å². The minimum atomic E-state index is -3.69. The summed E-state index contributed by atoms with van der Waals surface area (Å²) in [5.74, 6) is -0.489. The zero-order valence-electron chi connectivity index (χ0n) is 7.59. The Morgan fingerprint density at radius 1 is 1.25 bits per heavy atom. The first-order valence-corrected chi connectivity index (χ1v) is 7.05. The molecule has 1 aromatic carbocycles. The third-order valence-corrected chi connectivity index (χ3v) is 5.16. The molecule has 2 aromatic rings. The number of nitrogens with zero attached hydrogens (tertiary/aromatic N) is 2. The predicted molar refractivity (Wildman–Crippen MR) is 59.5 cm³/mol. The first kappa shape index (κ1) is 11.6. The first-order chi connectivity index (χ1) is 7.50. The van der Waals surface area contributed by atoms with Gasteiger partial charge in [-0.1, -0.05) is 0 Å². The third-order valence-electron chi connectivity index (χ3n) is 1.74. The van der Waals surface area contributed by atoms with Crippen LogP contribution in [-0.2, 0) is 9.84 Å². The van der Waals surface area contributed by atoms with Gasteiger partial charge in [-0.2, -0.15) is 9.36 Å². The summed E-state index contributed by atoms with van der Waals surface area (Å²) in [5.41, 5.74) is 0. The van der Waals surface area contributed by atoms with E-state index < -0.39 is 15.7 Å². The first-order valence-electron chi connectivity index (χ1n) is 4.00. The monoisotopic (exact) mass is 322 g/mol. The number of hydrogen-bond donors (Lipinski definition) is 0. The van der Waals surface area contributed by atoms with Crippen LogP contribution in [0.15, 0.2) is 38.2 Å². The fourth-order valence-electron chi connectivity index (χ4n) is 1.02. The van der Waals surface area contributed by atoms with Crippen LogP contribution >= 0.6 is 27.5 Å². The molecule has 0 aliphatic carbocycles. The molecule has 0 spiro atoms. The van der Waals surface area contributed by atoms with Gasteiger partial charge in [0.05, 0.1) is 4.90 Å². The number of aromatic nitrogens is 2. The van der Waals surface area contributed by atoms with Crippen molar-refractivity contribution in [2.45, 2.75) is 9.24 Å². The average molecular weight is 323 g/mol. The maximum atomic E-state index is 12.7. The van der Waals surface area contributed by atoms with Crippen LogP contribution in [0, 0.1) is 5.82 Å². The molecule has 1 aromatic heterocycles. The van der Waals surface area contributed by atoms with Gasteiger partial charge >= 0.3 is 0 Å². The maximum absolute atomic E-state index is 12.7. The van der Waals surface area contributed by atoms with E-state index in [0.717, 1.165) is 23.7 Å². The number of halogens is 2. The molecule has 0 atom stereocenters. The molecule has 4 nitrogen and oxygen atoms in total. The average Bonchev–Trinajstić information content (AvgIpc) is 2.66. The van der Waals surface area contributed by atoms with Gasteiger partial charge in [0, 0.05) is 0 Å². The number of hydrogen-bond acceptors (Lipinski definition) is 5. The van der Waals surface area contributed by atoms with Crippen LogP contribution in [0.2, 0.25) is 0 Å². The molecule has 16 heavy (non-hydrogen) atoms. The summed E-state index contributed by atoms with van der Waals surface area (Å²) in [6.07, 6.45) is 0. The standard InChI is InChI=1S/C8H4BrFN2O2S2/c9-7-11-8(15-12-7)16(13,14)6-3-1-5(10)2-4-6/h1-4H. The summed E-state index contributed by atoms with van der Waals surface area (Å²) < 4.78 is 40.3. The van der Waals surface area contributed by atoms with Crippen molar-refractivity contribution in [3.8, 4) is 0 Å². The van der Waals surface area contributed by atoms with Crippen molar-refractivity contribution < 1.29 is 12.8 Å². The molecule has 8 heteroatoms. The number of benzene rings is 1. The van der Waals surface area contributed by atoms with E-state index in [1.165, 1.54) is 12.1 Å². The summed E-state index contributed by atoms with van der Waals surface area (Å²) in [5, 5.41) is 0. The van der Waals surface area contributed by atoms with Crippen LogP contribution in [0.4, 0.5) is 4.39 Å². The number of rotatable bonds is 2. The molecule has 0 fully saturated rings. The Labute approximate surface area is 103 Å². The van der Waals surface area contributed by atoms with E-state index in [9.17, 15) is 12.8 Å². The van der Waals surface area contributed by atoms with Crippen LogP contribution in [0.1, 0.15) is 0 Å². The Balaban J connectivity index is 2.51. The Morgan fingerprint density at radius 2 is 1.88 bits per heavy atom.